The zero-order chi connectivity index (χ0) is 28.8. The molecule has 1 atom stereocenters. The molecule has 0 spiro atoms. The molecule has 10 nitrogen and oxygen atoms in total. The fourth-order valence-electron chi connectivity index (χ4n) is 5.12. The molecule has 40 heavy (non-hydrogen) atoms. The lowest BCUT2D eigenvalue weighted by molar-refractivity contribution is -0.137. The van der Waals surface area contributed by atoms with Crippen molar-refractivity contribution in [3.8, 4) is 0 Å². The zero-order valence-corrected chi connectivity index (χ0v) is 22.6. The number of carbonyl (C=O) groups excluding carboxylic acids is 3. The summed E-state index contributed by atoms with van der Waals surface area (Å²) in [7, 11) is 4.38. The van der Waals surface area contributed by atoms with Crippen LogP contribution in [0.4, 0.5) is 24.1 Å². The van der Waals surface area contributed by atoms with Crippen LogP contribution in [-0.2, 0) is 14.3 Å². The topological polar surface area (TPSA) is 112 Å². The van der Waals surface area contributed by atoms with Crippen molar-refractivity contribution in [1.82, 2.24) is 20.4 Å². The molecule has 4 amide bonds. The van der Waals surface area contributed by atoms with E-state index in [1.165, 1.54) is 18.7 Å². The Morgan fingerprint density at radius 3 is 2.45 bits per heavy atom. The van der Waals surface area contributed by atoms with Crippen LogP contribution in [0.15, 0.2) is 53.7 Å². The number of esters is 1. The van der Waals surface area contributed by atoms with Crippen molar-refractivity contribution in [2.75, 3.05) is 52.9 Å². The Labute approximate surface area is 231 Å². The first kappa shape index (κ1) is 29.0. The molecule has 1 fully saturated rings. The molecule has 2 aliphatic rings. The number of urea groups is 2. The van der Waals surface area contributed by atoms with Crippen molar-refractivity contribution in [2.24, 2.45) is 0 Å². The number of amides is 4. The molecule has 1 unspecified atom stereocenters. The van der Waals surface area contributed by atoms with Gasteiger partial charge in [-0.25, -0.2) is 28.1 Å². The lowest BCUT2D eigenvalue weighted by atomic mass is 9.89. The maximum atomic E-state index is 14.2. The second-order valence-corrected chi connectivity index (χ2v) is 9.60. The molecule has 2 aromatic carbocycles. The van der Waals surface area contributed by atoms with Crippen molar-refractivity contribution in [2.45, 2.75) is 24.8 Å². The molecule has 1 saturated heterocycles. The number of rotatable bonds is 8. The van der Waals surface area contributed by atoms with Crippen molar-refractivity contribution in [3.63, 3.8) is 0 Å². The van der Waals surface area contributed by atoms with Crippen LogP contribution in [0.2, 0.25) is 0 Å². The summed E-state index contributed by atoms with van der Waals surface area (Å²) in [4.78, 5) is 42.2. The highest BCUT2D eigenvalue weighted by atomic mass is 19.2. The fraction of sp³-hybridized carbons (Fsp3) is 0.393. The maximum Gasteiger partial charge on any atom is 0.338 e. The minimum absolute atomic E-state index is 0.0162. The molecule has 0 bridgehead atoms. The SMILES string of the molecule is CNc1cccc(C2CCN(CNC(=O)N3C(=O)NC(COC)=C(C(=O)OC)C3c3ccc(F)c(F)c3)CC2)c1. The Morgan fingerprint density at radius 2 is 1.80 bits per heavy atom. The molecule has 12 heteroatoms. The molecular weight excluding hydrogens is 524 g/mol. The van der Waals surface area contributed by atoms with Crippen molar-refractivity contribution in [3.05, 3.63) is 76.5 Å². The summed E-state index contributed by atoms with van der Waals surface area (Å²) >= 11 is 0. The number of nitrogens with one attached hydrogen (secondary N) is 3. The molecule has 2 heterocycles. The third-order valence-electron chi connectivity index (χ3n) is 7.19. The Bertz CT molecular complexity index is 1300. The largest absolute Gasteiger partial charge is 0.466 e. The first-order chi connectivity index (χ1) is 19.3. The normalized spacial score (nSPS) is 18.4. The molecule has 214 valence electrons. The van der Waals surface area contributed by atoms with Crippen LogP contribution in [0.1, 0.15) is 35.9 Å². The van der Waals surface area contributed by atoms with Gasteiger partial charge in [0.25, 0.3) is 0 Å². The second kappa shape index (κ2) is 12.9. The standard InChI is InChI=1S/C28H33F2N5O5/c1-31-20-6-4-5-18(13-20)17-9-11-34(12-10-17)16-32-27(37)35-25(19-7-8-21(29)22(30)14-19)24(26(36)40-3)23(15-39-2)33-28(35)38/h4-8,13-14,17,25,31H,9-12,15-16H2,1-3H3,(H,32,37)(H,33,38). The summed E-state index contributed by atoms with van der Waals surface area (Å²) in [6.07, 6.45) is 1.78. The minimum atomic E-state index is -1.38. The van der Waals surface area contributed by atoms with Gasteiger partial charge in [-0.15, -0.1) is 0 Å². The third-order valence-corrected chi connectivity index (χ3v) is 7.19. The highest BCUT2D eigenvalue weighted by Gasteiger charge is 2.43. The van der Waals surface area contributed by atoms with E-state index in [2.05, 4.69) is 33.0 Å². The van der Waals surface area contributed by atoms with E-state index in [4.69, 9.17) is 9.47 Å². The van der Waals surface area contributed by atoms with Crippen LogP contribution in [0.3, 0.4) is 0 Å². The van der Waals surface area contributed by atoms with Crippen molar-refractivity contribution in [1.29, 1.82) is 0 Å². The Hall–Kier alpha value is -4.03. The van der Waals surface area contributed by atoms with Gasteiger partial charge < -0.3 is 25.4 Å². The summed E-state index contributed by atoms with van der Waals surface area (Å²) in [6, 6.07) is 8.17. The lowest BCUT2D eigenvalue weighted by Crippen LogP contribution is -2.56. The number of likely N-dealkylation sites (tertiary alicyclic amines) is 1. The number of hydrogen-bond donors (Lipinski definition) is 3. The Morgan fingerprint density at radius 1 is 1.05 bits per heavy atom. The molecule has 0 aromatic heterocycles. The number of carbonyl (C=O) groups is 3. The van der Waals surface area contributed by atoms with Crippen LogP contribution in [-0.4, -0.2) is 75.5 Å². The van der Waals surface area contributed by atoms with E-state index in [1.54, 1.807) is 0 Å². The van der Waals surface area contributed by atoms with E-state index in [0.717, 1.165) is 55.8 Å². The van der Waals surface area contributed by atoms with Crippen molar-refractivity contribution < 1.29 is 32.6 Å². The molecule has 2 aromatic rings. The minimum Gasteiger partial charge on any atom is -0.466 e. The Balaban J connectivity index is 1.52. The van der Waals surface area contributed by atoms with Gasteiger partial charge in [0, 0.05) is 32.9 Å². The van der Waals surface area contributed by atoms with Crippen LogP contribution in [0.25, 0.3) is 0 Å². The predicted molar refractivity (Wildman–Crippen MR) is 143 cm³/mol. The summed E-state index contributed by atoms with van der Waals surface area (Å²) < 4.78 is 38.0. The van der Waals surface area contributed by atoms with E-state index in [-0.39, 0.29) is 30.1 Å². The van der Waals surface area contributed by atoms with Gasteiger partial charge >= 0.3 is 18.0 Å². The molecular formula is C28H33F2N5O5. The zero-order valence-electron chi connectivity index (χ0n) is 22.6. The quantitative estimate of drug-likeness (QED) is 0.425. The first-order valence-electron chi connectivity index (χ1n) is 12.9. The van der Waals surface area contributed by atoms with E-state index < -0.39 is 35.7 Å². The van der Waals surface area contributed by atoms with Crippen LogP contribution >= 0.6 is 0 Å². The van der Waals surface area contributed by atoms with Gasteiger partial charge in [0.15, 0.2) is 11.6 Å². The Kier molecular flexibility index (Phi) is 9.33. The van der Waals surface area contributed by atoms with E-state index in [0.29, 0.717) is 5.92 Å². The van der Waals surface area contributed by atoms with Gasteiger partial charge in [-0.05, 0) is 54.2 Å². The van der Waals surface area contributed by atoms with Gasteiger partial charge in [-0.1, -0.05) is 18.2 Å². The highest BCUT2D eigenvalue weighted by Crippen LogP contribution is 2.35. The summed E-state index contributed by atoms with van der Waals surface area (Å²) in [6.45, 7) is 1.41. The van der Waals surface area contributed by atoms with Crippen LogP contribution in [0, 0.1) is 11.6 Å². The number of piperidine rings is 1. The van der Waals surface area contributed by atoms with Gasteiger partial charge in [-0.2, -0.15) is 0 Å². The number of imide groups is 1. The highest BCUT2D eigenvalue weighted by molar-refractivity contribution is 6.01. The van der Waals surface area contributed by atoms with E-state index in [9.17, 15) is 23.2 Å². The molecule has 0 saturated carbocycles. The summed E-state index contributed by atoms with van der Waals surface area (Å²) in [5, 5.41) is 8.40. The number of benzene rings is 2. The third kappa shape index (κ3) is 6.23. The van der Waals surface area contributed by atoms with Gasteiger partial charge in [-0.3, -0.25) is 4.90 Å². The molecule has 2 aliphatic heterocycles. The number of ether oxygens (including phenoxy) is 2. The van der Waals surface area contributed by atoms with Gasteiger partial charge in [0.1, 0.15) is 6.04 Å². The molecule has 0 radical (unpaired) electrons. The van der Waals surface area contributed by atoms with E-state index in [1.807, 2.05) is 19.2 Å². The predicted octanol–water partition coefficient (Wildman–Crippen LogP) is 3.69. The van der Waals surface area contributed by atoms with Crippen molar-refractivity contribution >= 4 is 23.7 Å². The number of nitrogens with zero attached hydrogens (tertiary/aromatic N) is 2. The summed E-state index contributed by atoms with van der Waals surface area (Å²) in [5.41, 5.74) is 2.25. The first-order valence-corrected chi connectivity index (χ1v) is 12.9. The van der Waals surface area contributed by atoms with E-state index >= 15 is 0 Å². The number of halogens is 2. The number of methoxy groups -OCH3 is 2. The molecule has 4 rings (SSSR count). The van der Waals surface area contributed by atoms with Gasteiger partial charge in [0.2, 0.25) is 0 Å². The monoisotopic (exact) mass is 557 g/mol. The second-order valence-electron chi connectivity index (χ2n) is 9.60. The molecule has 3 N–H and O–H groups in total. The van der Waals surface area contributed by atoms with Gasteiger partial charge in [0.05, 0.1) is 31.7 Å². The fourth-order valence-corrected chi connectivity index (χ4v) is 5.12. The van der Waals surface area contributed by atoms with Crippen LogP contribution in [0.5, 0.6) is 0 Å². The summed E-state index contributed by atoms with van der Waals surface area (Å²) in [5.74, 6) is -2.77. The van der Waals surface area contributed by atoms with Crippen LogP contribution < -0.4 is 16.0 Å². The number of hydrogen-bond acceptors (Lipinski definition) is 7. The average Bonchev–Trinajstić information content (AvgIpc) is 2.97. The average molecular weight is 558 g/mol. The lowest BCUT2D eigenvalue weighted by Gasteiger charge is -2.37. The maximum absolute atomic E-state index is 14.2. The number of anilines is 1. The smallest absolute Gasteiger partial charge is 0.338 e. The molecule has 0 aliphatic carbocycles.